The predicted octanol–water partition coefficient (Wildman–Crippen LogP) is 6.94. The van der Waals surface area contributed by atoms with Crippen molar-refractivity contribution < 1.29 is 23.9 Å². The molecule has 1 aromatic heterocycles. The smallest absolute Gasteiger partial charge is 0.339 e. The van der Waals surface area contributed by atoms with E-state index in [1.54, 1.807) is 49.4 Å². The Morgan fingerprint density at radius 2 is 1.33 bits per heavy atom. The van der Waals surface area contributed by atoms with Crippen molar-refractivity contribution in [1.82, 2.24) is 9.97 Å². The first-order valence-electron chi connectivity index (χ1n) is 13.9. The second-order valence-electron chi connectivity index (χ2n) is 10.2. The van der Waals surface area contributed by atoms with Crippen LogP contribution in [0.3, 0.4) is 0 Å². The number of fused-ring (bicyclic) bond motifs is 1. The van der Waals surface area contributed by atoms with E-state index in [0.717, 1.165) is 27.9 Å². The number of para-hydroxylation sites is 1. The number of aryl methyl sites for hydroxylation is 2. The molecule has 43 heavy (non-hydrogen) atoms. The molecule has 0 radical (unpaired) electrons. The summed E-state index contributed by atoms with van der Waals surface area (Å²) in [4.78, 5) is 48.3. The van der Waals surface area contributed by atoms with Crippen molar-refractivity contribution in [3.8, 4) is 22.5 Å². The number of rotatable bonds is 8. The van der Waals surface area contributed by atoms with Gasteiger partial charge in [-0.25, -0.2) is 19.6 Å². The maximum Gasteiger partial charge on any atom is 0.339 e. The molecule has 8 nitrogen and oxygen atoms in total. The van der Waals surface area contributed by atoms with Crippen molar-refractivity contribution in [3.05, 3.63) is 113 Å². The highest BCUT2D eigenvalue weighted by atomic mass is 16.5. The lowest BCUT2D eigenvalue weighted by molar-refractivity contribution is -0.124. The summed E-state index contributed by atoms with van der Waals surface area (Å²) in [6, 6.07) is 27.6. The zero-order valence-corrected chi connectivity index (χ0v) is 24.4. The van der Waals surface area contributed by atoms with Crippen LogP contribution in [0.25, 0.3) is 33.5 Å². The Balaban J connectivity index is 1.44. The zero-order chi connectivity index (χ0) is 30.5. The Bertz CT molecular complexity index is 1810. The van der Waals surface area contributed by atoms with Crippen LogP contribution in [0.15, 0.2) is 91.0 Å². The first kappa shape index (κ1) is 29.1. The molecule has 0 saturated heterocycles. The SMILES string of the molecule is CCC(OC(=O)c1ccc2nc(-c3ccc(C)cc3)c(-c3ccc(C)cc3)nc2c1)C(=O)Nc1ccccc1C(=O)OC. The standard InChI is InChI=1S/C35H31N3O5/c1-5-30(33(39)38-27-9-7-6-8-26(27)35(41)42-4)43-34(40)25-18-19-28-29(20-25)37-32(24-16-12-22(3)13-17-24)31(36-28)23-14-10-21(2)11-15-23/h6-20,30H,5H2,1-4H3,(H,38,39). The fraction of sp³-hybridized carbons (Fsp3) is 0.171. The van der Waals surface area contributed by atoms with Crippen molar-refractivity contribution in [2.75, 3.05) is 12.4 Å². The Morgan fingerprint density at radius 1 is 0.744 bits per heavy atom. The molecular formula is C35H31N3O5. The summed E-state index contributed by atoms with van der Waals surface area (Å²) in [5, 5.41) is 2.68. The number of aromatic nitrogens is 2. The second kappa shape index (κ2) is 12.7. The van der Waals surface area contributed by atoms with Gasteiger partial charge in [-0.1, -0.05) is 78.7 Å². The average Bonchev–Trinajstić information content (AvgIpc) is 3.03. The summed E-state index contributed by atoms with van der Waals surface area (Å²) in [6.45, 7) is 5.79. The lowest BCUT2D eigenvalue weighted by atomic mass is 10.0. The number of esters is 2. The molecule has 1 amide bonds. The predicted molar refractivity (Wildman–Crippen MR) is 166 cm³/mol. The van der Waals surface area contributed by atoms with Crippen molar-refractivity contribution >= 4 is 34.6 Å². The molecule has 0 aliphatic heterocycles. The molecule has 0 saturated carbocycles. The number of nitrogens with one attached hydrogen (secondary N) is 1. The van der Waals surface area contributed by atoms with Crippen molar-refractivity contribution in [3.63, 3.8) is 0 Å². The minimum atomic E-state index is -1.09. The Labute approximate surface area is 249 Å². The molecule has 0 bridgehead atoms. The summed E-state index contributed by atoms with van der Waals surface area (Å²) in [5.41, 5.74) is 7.37. The molecule has 0 fully saturated rings. The molecule has 1 atom stereocenters. The van der Waals surface area contributed by atoms with E-state index in [1.165, 1.54) is 7.11 Å². The Hall–Kier alpha value is -5.37. The molecule has 216 valence electrons. The molecule has 1 heterocycles. The molecule has 1 N–H and O–H groups in total. The number of ether oxygens (including phenoxy) is 2. The molecular weight excluding hydrogens is 542 g/mol. The van der Waals surface area contributed by atoms with E-state index >= 15 is 0 Å². The third-order valence-corrected chi connectivity index (χ3v) is 7.05. The van der Waals surface area contributed by atoms with Crippen LogP contribution in [-0.4, -0.2) is 41.0 Å². The molecule has 4 aromatic carbocycles. The number of hydrogen-bond acceptors (Lipinski definition) is 7. The average molecular weight is 574 g/mol. The van der Waals surface area contributed by atoms with Gasteiger partial charge in [0.25, 0.3) is 5.91 Å². The highest BCUT2D eigenvalue weighted by molar-refractivity contribution is 6.03. The molecule has 5 rings (SSSR count). The second-order valence-corrected chi connectivity index (χ2v) is 10.2. The highest BCUT2D eigenvalue weighted by Gasteiger charge is 2.24. The minimum absolute atomic E-state index is 0.196. The minimum Gasteiger partial charge on any atom is -0.465 e. The number of hydrogen-bond donors (Lipinski definition) is 1. The van der Waals surface area contributed by atoms with Gasteiger partial charge in [0.05, 0.1) is 46.3 Å². The van der Waals surface area contributed by atoms with E-state index < -0.39 is 23.9 Å². The lowest BCUT2D eigenvalue weighted by Gasteiger charge is -2.17. The number of benzene rings is 4. The van der Waals surface area contributed by atoms with Gasteiger partial charge in [0.15, 0.2) is 6.10 Å². The number of carbonyl (C=O) groups excluding carboxylic acids is 3. The maximum absolute atomic E-state index is 13.2. The highest BCUT2D eigenvalue weighted by Crippen LogP contribution is 2.32. The number of nitrogens with zero attached hydrogens (tertiary/aromatic N) is 2. The third-order valence-electron chi connectivity index (χ3n) is 7.05. The van der Waals surface area contributed by atoms with Gasteiger partial charge in [-0.2, -0.15) is 0 Å². The zero-order valence-electron chi connectivity index (χ0n) is 24.4. The van der Waals surface area contributed by atoms with Crippen LogP contribution in [0.5, 0.6) is 0 Å². The van der Waals surface area contributed by atoms with Gasteiger partial charge >= 0.3 is 11.9 Å². The van der Waals surface area contributed by atoms with Crippen LogP contribution in [0.1, 0.15) is 45.2 Å². The van der Waals surface area contributed by atoms with E-state index in [-0.39, 0.29) is 23.2 Å². The molecule has 0 spiro atoms. The first-order chi connectivity index (χ1) is 20.8. The van der Waals surface area contributed by atoms with E-state index in [1.807, 2.05) is 62.4 Å². The summed E-state index contributed by atoms with van der Waals surface area (Å²) >= 11 is 0. The van der Waals surface area contributed by atoms with Crippen LogP contribution in [0.2, 0.25) is 0 Å². The van der Waals surface area contributed by atoms with Gasteiger partial charge in [-0.15, -0.1) is 0 Å². The largest absolute Gasteiger partial charge is 0.465 e. The maximum atomic E-state index is 13.2. The van der Waals surface area contributed by atoms with Gasteiger partial charge < -0.3 is 14.8 Å². The number of carbonyl (C=O) groups is 3. The molecule has 0 aliphatic carbocycles. The lowest BCUT2D eigenvalue weighted by Crippen LogP contribution is -2.32. The van der Waals surface area contributed by atoms with Gasteiger partial charge in [-0.3, -0.25) is 4.79 Å². The number of anilines is 1. The topological polar surface area (TPSA) is 107 Å². The van der Waals surface area contributed by atoms with E-state index in [0.29, 0.717) is 16.7 Å². The van der Waals surface area contributed by atoms with Gasteiger partial charge in [0, 0.05) is 11.1 Å². The van der Waals surface area contributed by atoms with Crippen LogP contribution < -0.4 is 5.32 Å². The fourth-order valence-electron chi connectivity index (χ4n) is 4.62. The summed E-state index contributed by atoms with van der Waals surface area (Å²) in [7, 11) is 1.26. The third kappa shape index (κ3) is 6.43. The Kier molecular flexibility index (Phi) is 8.57. The Morgan fingerprint density at radius 3 is 1.91 bits per heavy atom. The van der Waals surface area contributed by atoms with Crippen LogP contribution in [-0.2, 0) is 14.3 Å². The van der Waals surface area contributed by atoms with Crippen LogP contribution in [0, 0.1) is 13.8 Å². The molecule has 0 aliphatic rings. The van der Waals surface area contributed by atoms with E-state index in [9.17, 15) is 14.4 Å². The van der Waals surface area contributed by atoms with Gasteiger partial charge in [0.1, 0.15) is 0 Å². The monoisotopic (exact) mass is 573 g/mol. The molecule has 8 heteroatoms. The normalized spacial score (nSPS) is 11.5. The molecule has 5 aromatic rings. The summed E-state index contributed by atoms with van der Waals surface area (Å²) in [5.74, 6) is -1.82. The van der Waals surface area contributed by atoms with E-state index in [4.69, 9.17) is 19.4 Å². The van der Waals surface area contributed by atoms with Crippen molar-refractivity contribution in [2.45, 2.75) is 33.3 Å². The van der Waals surface area contributed by atoms with Gasteiger partial charge in [0.2, 0.25) is 0 Å². The first-order valence-corrected chi connectivity index (χ1v) is 13.9. The van der Waals surface area contributed by atoms with Crippen LogP contribution in [0.4, 0.5) is 5.69 Å². The van der Waals surface area contributed by atoms with Gasteiger partial charge in [-0.05, 0) is 50.6 Å². The van der Waals surface area contributed by atoms with Crippen molar-refractivity contribution in [1.29, 1.82) is 0 Å². The summed E-state index contributed by atoms with van der Waals surface area (Å²) in [6.07, 6.45) is -0.866. The number of amides is 1. The summed E-state index contributed by atoms with van der Waals surface area (Å²) < 4.78 is 10.4. The van der Waals surface area contributed by atoms with Crippen LogP contribution >= 0.6 is 0 Å². The van der Waals surface area contributed by atoms with E-state index in [2.05, 4.69) is 5.32 Å². The fourth-order valence-corrected chi connectivity index (χ4v) is 4.62. The number of methoxy groups -OCH3 is 1. The van der Waals surface area contributed by atoms with Crippen molar-refractivity contribution in [2.24, 2.45) is 0 Å². The quantitative estimate of drug-likeness (QED) is 0.200. The molecule has 1 unspecified atom stereocenters.